The van der Waals surface area contributed by atoms with Crippen molar-refractivity contribution in [1.82, 2.24) is 0 Å². The van der Waals surface area contributed by atoms with Crippen molar-refractivity contribution in [2.45, 2.75) is 178 Å². The Balaban J connectivity index is 3.97. The second-order valence-corrected chi connectivity index (χ2v) is 14.7. The molecule has 0 aliphatic heterocycles. The van der Waals surface area contributed by atoms with E-state index in [1.54, 1.807) is 12.7 Å². The van der Waals surface area contributed by atoms with Crippen LogP contribution in [0.25, 0.3) is 0 Å². The van der Waals surface area contributed by atoms with Gasteiger partial charge in [-0.1, -0.05) is 124 Å². The summed E-state index contributed by atoms with van der Waals surface area (Å²) in [4.78, 5) is 0. The fraction of sp³-hybridized carbons (Fsp3) is 0.756. The normalized spacial score (nSPS) is 15.7. The Morgan fingerprint density at radius 1 is 0.595 bits per heavy atom. The van der Waals surface area contributed by atoms with Crippen molar-refractivity contribution >= 4 is 0 Å². The highest BCUT2D eigenvalue weighted by Crippen LogP contribution is 2.23. The molecular formula is C41H74O. The Kier molecular flexibility index (Phi) is 24.2. The molecule has 0 N–H and O–H groups in total. The van der Waals surface area contributed by atoms with Crippen LogP contribution in [-0.4, -0.2) is 12.7 Å². The molecule has 0 spiro atoms. The smallest absolute Gasteiger partial charge is 0.0657 e. The molecule has 0 aromatic rings. The molecule has 1 heteroatoms. The minimum absolute atomic E-state index is 0.0797. The molecule has 0 saturated heterocycles. The molecule has 2 unspecified atom stereocenters. The maximum atomic E-state index is 5.48. The summed E-state index contributed by atoms with van der Waals surface area (Å²) >= 11 is 0. The summed E-state index contributed by atoms with van der Waals surface area (Å²) < 4.78 is 5.48. The molecular weight excluding hydrogens is 508 g/mol. The second kappa shape index (κ2) is 25.0. The highest BCUT2D eigenvalue weighted by atomic mass is 16.5. The molecule has 244 valence electrons. The number of allylic oxidation sites excluding steroid dienone is 9. The van der Waals surface area contributed by atoms with Crippen LogP contribution in [0.5, 0.6) is 0 Å². The van der Waals surface area contributed by atoms with Gasteiger partial charge in [0.1, 0.15) is 0 Å². The standard InChI is InChI=1S/C41H74O/c1-34(2)20-14-23-37(5)26-17-29-38(6)27-15-24-35(3)21-12-13-22-36(4)25-16-28-39(7)30-18-31-40(8)32-19-33-41(9,10)42-11/h19-20,22,28,31-32,35,37-38H,12-18,21,23-27,29-30,33H2,1-11H3/b32-19+,36-22+,39-28+,40-31+/t35?,37-,38?/m0/s1. The molecule has 0 amide bonds. The third-order valence-electron chi connectivity index (χ3n) is 8.97. The average molecular weight is 583 g/mol. The Labute approximate surface area is 265 Å². The predicted molar refractivity (Wildman–Crippen MR) is 192 cm³/mol. The largest absolute Gasteiger partial charge is 0.378 e. The quantitative estimate of drug-likeness (QED) is 0.0591. The minimum atomic E-state index is -0.0797. The van der Waals surface area contributed by atoms with E-state index >= 15 is 0 Å². The molecule has 0 radical (unpaired) electrons. The van der Waals surface area contributed by atoms with E-state index in [4.69, 9.17) is 4.74 Å². The molecule has 0 fully saturated rings. The lowest BCUT2D eigenvalue weighted by molar-refractivity contribution is 0.0255. The van der Waals surface area contributed by atoms with E-state index in [-0.39, 0.29) is 5.60 Å². The first kappa shape index (κ1) is 40.7. The lowest BCUT2D eigenvalue weighted by Gasteiger charge is -2.20. The van der Waals surface area contributed by atoms with Crippen molar-refractivity contribution in [3.05, 3.63) is 58.7 Å². The van der Waals surface area contributed by atoms with Gasteiger partial charge in [0.25, 0.3) is 0 Å². The van der Waals surface area contributed by atoms with Gasteiger partial charge in [0, 0.05) is 7.11 Å². The third-order valence-corrected chi connectivity index (χ3v) is 8.97. The van der Waals surface area contributed by atoms with Gasteiger partial charge < -0.3 is 4.74 Å². The first-order chi connectivity index (χ1) is 19.8. The topological polar surface area (TPSA) is 9.23 Å². The molecule has 1 nitrogen and oxygen atoms in total. The molecule has 3 atom stereocenters. The Bertz CT molecular complexity index is 814. The minimum Gasteiger partial charge on any atom is -0.378 e. The number of methoxy groups -OCH3 is 1. The Morgan fingerprint density at radius 2 is 1.07 bits per heavy atom. The number of hydrogen-bond acceptors (Lipinski definition) is 1. The summed E-state index contributed by atoms with van der Waals surface area (Å²) in [7, 11) is 1.78. The molecule has 0 saturated carbocycles. The fourth-order valence-electron chi connectivity index (χ4n) is 5.49. The van der Waals surface area contributed by atoms with Crippen LogP contribution in [0.2, 0.25) is 0 Å². The Hall–Kier alpha value is -1.34. The number of rotatable bonds is 25. The van der Waals surface area contributed by atoms with Crippen LogP contribution in [0.3, 0.4) is 0 Å². The number of ether oxygens (including phenoxy) is 1. The SMILES string of the molecule is COC(C)(C)C/C=C/C(C)=C/CC/C(C)=C/CC/C(C)=C/CCCC(C)CCCC(C)CCC[C@@H](C)CCC=C(C)C. The zero-order valence-electron chi connectivity index (χ0n) is 30.4. The number of unbranched alkanes of at least 4 members (excludes halogenated alkanes) is 1. The molecule has 0 heterocycles. The monoisotopic (exact) mass is 583 g/mol. The van der Waals surface area contributed by atoms with Gasteiger partial charge in [0.2, 0.25) is 0 Å². The van der Waals surface area contributed by atoms with E-state index in [1.165, 1.54) is 100 Å². The van der Waals surface area contributed by atoms with E-state index in [1.807, 2.05) is 0 Å². The Morgan fingerprint density at radius 3 is 1.60 bits per heavy atom. The van der Waals surface area contributed by atoms with Crippen LogP contribution < -0.4 is 0 Å². The fourth-order valence-corrected chi connectivity index (χ4v) is 5.49. The van der Waals surface area contributed by atoms with Crippen LogP contribution >= 0.6 is 0 Å². The van der Waals surface area contributed by atoms with Crippen LogP contribution in [0.15, 0.2) is 58.7 Å². The summed E-state index contributed by atoms with van der Waals surface area (Å²) in [5.74, 6) is 2.64. The van der Waals surface area contributed by atoms with E-state index < -0.39 is 0 Å². The van der Waals surface area contributed by atoms with Gasteiger partial charge in [0.05, 0.1) is 5.60 Å². The molecule has 0 aromatic heterocycles. The van der Waals surface area contributed by atoms with Crippen molar-refractivity contribution < 1.29 is 4.74 Å². The first-order valence-electron chi connectivity index (χ1n) is 17.7. The molecule has 0 aliphatic carbocycles. The van der Waals surface area contributed by atoms with Gasteiger partial charge in [-0.3, -0.25) is 0 Å². The highest BCUT2D eigenvalue weighted by molar-refractivity contribution is 5.17. The van der Waals surface area contributed by atoms with Crippen molar-refractivity contribution in [2.24, 2.45) is 17.8 Å². The highest BCUT2D eigenvalue weighted by Gasteiger charge is 2.13. The average Bonchev–Trinajstić information content (AvgIpc) is 2.91. The van der Waals surface area contributed by atoms with Crippen LogP contribution in [0, 0.1) is 17.8 Å². The summed E-state index contributed by atoms with van der Waals surface area (Å²) in [6, 6.07) is 0. The van der Waals surface area contributed by atoms with Gasteiger partial charge in [0.15, 0.2) is 0 Å². The van der Waals surface area contributed by atoms with Crippen LogP contribution in [-0.2, 0) is 4.74 Å². The summed E-state index contributed by atoms with van der Waals surface area (Å²) in [5.41, 5.74) is 5.81. The first-order valence-corrected chi connectivity index (χ1v) is 17.7. The van der Waals surface area contributed by atoms with Gasteiger partial charge >= 0.3 is 0 Å². The van der Waals surface area contributed by atoms with Crippen molar-refractivity contribution in [1.29, 1.82) is 0 Å². The summed E-state index contributed by atoms with van der Waals surface area (Å²) in [6.07, 6.45) is 34.8. The van der Waals surface area contributed by atoms with Crippen molar-refractivity contribution in [3.8, 4) is 0 Å². The zero-order valence-corrected chi connectivity index (χ0v) is 30.4. The molecule has 0 bridgehead atoms. The second-order valence-electron chi connectivity index (χ2n) is 14.7. The van der Waals surface area contributed by atoms with Crippen molar-refractivity contribution in [2.75, 3.05) is 7.11 Å². The zero-order chi connectivity index (χ0) is 31.8. The number of hydrogen-bond donors (Lipinski definition) is 0. The lowest BCUT2D eigenvalue weighted by atomic mass is 9.91. The third kappa shape index (κ3) is 26.3. The van der Waals surface area contributed by atoms with Gasteiger partial charge in [-0.25, -0.2) is 0 Å². The molecule has 0 aliphatic rings. The van der Waals surface area contributed by atoms with E-state index in [9.17, 15) is 0 Å². The van der Waals surface area contributed by atoms with Gasteiger partial charge in [-0.2, -0.15) is 0 Å². The lowest BCUT2D eigenvalue weighted by Crippen LogP contribution is -2.20. The summed E-state index contributed by atoms with van der Waals surface area (Å²) in [6.45, 7) is 22.9. The van der Waals surface area contributed by atoms with E-state index in [0.29, 0.717) is 0 Å². The maximum absolute atomic E-state index is 5.48. The van der Waals surface area contributed by atoms with Crippen LogP contribution in [0.4, 0.5) is 0 Å². The predicted octanol–water partition coefficient (Wildman–Crippen LogP) is 13.9. The van der Waals surface area contributed by atoms with Gasteiger partial charge in [-0.15, -0.1) is 0 Å². The summed E-state index contributed by atoms with van der Waals surface area (Å²) in [5, 5.41) is 0. The maximum Gasteiger partial charge on any atom is 0.0657 e. The van der Waals surface area contributed by atoms with Crippen LogP contribution in [0.1, 0.15) is 172 Å². The van der Waals surface area contributed by atoms with E-state index in [2.05, 4.69) is 106 Å². The molecule has 0 rings (SSSR count). The van der Waals surface area contributed by atoms with Gasteiger partial charge in [-0.05, 0) is 124 Å². The molecule has 42 heavy (non-hydrogen) atoms. The van der Waals surface area contributed by atoms with E-state index in [0.717, 1.165) is 37.0 Å². The molecule has 0 aromatic carbocycles. The van der Waals surface area contributed by atoms with Crippen molar-refractivity contribution in [3.63, 3.8) is 0 Å².